The second kappa shape index (κ2) is 17.4. The summed E-state index contributed by atoms with van der Waals surface area (Å²) in [7, 11) is -3.47. The lowest BCUT2D eigenvalue weighted by atomic mass is 9.89. The number of anilines is 1. The molecule has 2 saturated heterocycles. The third-order valence-electron chi connectivity index (χ3n) is 10.8. The van der Waals surface area contributed by atoms with Gasteiger partial charge >= 0.3 is 0 Å². The Morgan fingerprint density at radius 1 is 0.839 bits per heavy atom. The van der Waals surface area contributed by atoms with Gasteiger partial charge in [0.1, 0.15) is 30.5 Å². The lowest BCUT2D eigenvalue weighted by Crippen LogP contribution is -2.54. The molecule has 0 bridgehead atoms. The molecule has 56 heavy (non-hydrogen) atoms. The summed E-state index contributed by atoms with van der Waals surface area (Å²) < 4.78 is 44.4. The van der Waals surface area contributed by atoms with Crippen molar-refractivity contribution in [3.63, 3.8) is 0 Å². The number of benzene rings is 2. The average molecular weight is 789 g/mol. The number of rotatable bonds is 15. The molecule has 3 aromatic rings. The van der Waals surface area contributed by atoms with E-state index in [4.69, 9.17) is 14.2 Å². The third kappa shape index (κ3) is 8.82. The normalized spacial score (nSPS) is 22.2. The zero-order valence-electron chi connectivity index (χ0n) is 30.9. The molecule has 296 valence electrons. The molecule has 2 N–H and O–H groups in total. The van der Waals surface area contributed by atoms with Gasteiger partial charge in [-0.25, -0.2) is 18.4 Å². The first-order valence-electron chi connectivity index (χ1n) is 18.9. The molecule has 1 aliphatic carbocycles. The van der Waals surface area contributed by atoms with Gasteiger partial charge in [0.15, 0.2) is 0 Å². The van der Waals surface area contributed by atoms with Crippen molar-refractivity contribution in [1.29, 1.82) is 5.26 Å². The number of aromatic nitrogens is 2. The maximum atomic E-state index is 13.0. The van der Waals surface area contributed by atoms with E-state index >= 15 is 0 Å². The number of fused-ring (bicyclic) bond motifs is 2. The van der Waals surface area contributed by atoms with Crippen molar-refractivity contribution in [2.24, 2.45) is 0 Å². The maximum absolute atomic E-state index is 13.0. The van der Waals surface area contributed by atoms with Crippen LogP contribution in [0, 0.1) is 11.3 Å². The van der Waals surface area contributed by atoms with E-state index in [-0.39, 0.29) is 68.8 Å². The predicted molar refractivity (Wildman–Crippen MR) is 201 cm³/mol. The molecule has 3 fully saturated rings. The number of hydrogen-bond donors (Lipinski definition) is 2. The minimum atomic E-state index is -3.47. The molecule has 1 aromatic heterocycles. The molecule has 1 saturated carbocycles. The van der Waals surface area contributed by atoms with E-state index in [9.17, 15) is 32.9 Å². The molecular formula is C38H44N8O9S. The standard InChI is InChI=1S/C38H44N8O9S/c39-23-25-1-8-32-31(21-25)35(41-24-40-32)42-26-2-4-27(5-3-26)44-11-13-45(14-12-44)56(51,52)20-19-54-16-15-53-17-18-55-28-6-7-29-30(22-28)38(50)46(37(29)49)33-9-10-34(47)43-36(33)48/h1,6-8,21-22,24,26-27,33H,2-5,9-20H2,(H,40,41,42)(H,43,47,48). The van der Waals surface area contributed by atoms with Crippen LogP contribution in [-0.2, 0) is 29.1 Å². The summed E-state index contributed by atoms with van der Waals surface area (Å²) in [6.07, 6.45) is 5.60. The molecule has 18 heteroatoms. The zero-order valence-corrected chi connectivity index (χ0v) is 31.7. The summed E-state index contributed by atoms with van der Waals surface area (Å²) in [5.74, 6) is -1.32. The van der Waals surface area contributed by atoms with Crippen molar-refractivity contribution in [3.05, 3.63) is 59.4 Å². The molecule has 2 aromatic carbocycles. The van der Waals surface area contributed by atoms with Gasteiger partial charge in [-0.05, 0) is 68.5 Å². The molecule has 4 aliphatic rings. The molecule has 3 aliphatic heterocycles. The van der Waals surface area contributed by atoms with Crippen molar-refractivity contribution < 1.29 is 41.8 Å². The molecule has 0 spiro atoms. The van der Waals surface area contributed by atoms with E-state index in [1.54, 1.807) is 16.4 Å². The van der Waals surface area contributed by atoms with Crippen LogP contribution in [0.3, 0.4) is 0 Å². The van der Waals surface area contributed by atoms with Crippen molar-refractivity contribution in [2.75, 3.05) is 70.3 Å². The van der Waals surface area contributed by atoms with Gasteiger partial charge < -0.3 is 19.5 Å². The Morgan fingerprint density at radius 2 is 1.57 bits per heavy atom. The summed E-state index contributed by atoms with van der Waals surface area (Å²) in [4.78, 5) is 61.7. The largest absolute Gasteiger partial charge is 0.491 e. The Morgan fingerprint density at radius 3 is 2.32 bits per heavy atom. The van der Waals surface area contributed by atoms with E-state index < -0.39 is 39.7 Å². The van der Waals surface area contributed by atoms with Gasteiger partial charge in [0.2, 0.25) is 21.8 Å². The predicted octanol–water partition coefficient (Wildman–Crippen LogP) is 1.69. The summed E-state index contributed by atoms with van der Waals surface area (Å²) >= 11 is 0. The molecule has 4 amide bonds. The lowest BCUT2D eigenvalue weighted by Gasteiger charge is -2.41. The van der Waals surface area contributed by atoms with Gasteiger partial charge in [-0.3, -0.25) is 34.3 Å². The number of ether oxygens (including phenoxy) is 3. The maximum Gasteiger partial charge on any atom is 0.262 e. The summed E-state index contributed by atoms with van der Waals surface area (Å²) in [5.41, 5.74) is 1.66. The highest BCUT2D eigenvalue weighted by Gasteiger charge is 2.44. The summed E-state index contributed by atoms with van der Waals surface area (Å²) in [6.45, 7) is 3.13. The van der Waals surface area contributed by atoms with E-state index in [2.05, 4.69) is 31.6 Å². The molecule has 1 atom stereocenters. The SMILES string of the molecule is N#Cc1ccc2ncnc(NC3CCC(N4CCN(S(=O)(=O)CCOCCOCCOc5ccc6c(c5)C(=O)N(C5CCC(=O)NC5=O)C6=O)CC4)CC3)c2c1. The van der Waals surface area contributed by atoms with Crippen LogP contribution in [0.25, 0.3) is 10.9 Å². The molecule has 17 nitrogen and oxygen atoms in total. The van der Waals surface area contributed by atoms with Crippen molar-refractivity contribution in [2.45, 2.75) is 56.7 Å². The van der Waals surface area contributed by atoms with Gasteiger partial charge in [0.25, 0.3) is 11.8 Å². The van der Waals surface area contributed by atoms with Crippen LogP contribution < -0.4 is 15.4 Å². The van der Waals surface area contributed by atoms with E-state index in [0.29, 0.717) is 43.5 Å². The summed E-state index contributed by atoms with van der Waals surface area (Å²) in [6, 6.07) is 11.7. The van der Waals surface area contributed by atoms with Gasteiger partial charge in [0.05, 0.1) is 60.5 Å². The number of carbonyl (C=O) groups is 4. The van der Waals surface area contributed by atoms with Crippen molar-refractivity contribution in [3.8, 4) is 11.8 Å². The van der Waals surface area contributed by atoms with E-state index in [0.717, 1.165) is 47.3 Å². The van der Waals surface area contributed by atoms with Crippen LogP contribution in [0.4, 0.5) is 5.82 Å². The Kier molecular flexibility index (Phi) is 12.2. The fraction of sp³-hybridized carbons (Fsp3) is 0.500. The highest BCUT2D eigenvalue weighted by Crippen LogP contribution is 2.31. The third-order valence-corrected chi connectivity index (χ3v) is 12.6. The Labute approximate surface area is 324 Å². The van der Waals surface area contributed by atoms with Crippen molar-refractivity contribution >= 4 is 50.4 Å². The number of piperidine rings is 1. The van der Waals surface area contributed by atoms with Gasteiger partial charge in [-0.2, -0.15) is 9.57 Å². The Bertz CT molecular complexity index is 2130. The fourth-order valence-electron chi connectivity index (χ4n) is 7.74. The second-order valence-corrected chi connectivity index (χ2v) is 16.3. The Hall–Kier alpha value is -5.06. The first kappa shape index (κ1) is 39.2. The number of piperazine rings is 1. The monoisotopic (exact) mass is 788 g/mol. The molecular weight excluding hydrogens is 745 g/mol. The van der Waals surface area contributed by atoms with Gasteiger partial charge in [-0.1, -0.05) is 0 Å². The lowest BCUT2D eigenvalue weighted by molar-refractivity contribution is -0.136. The highest BCUT2D eigenvalue weighted by molar-refractivity contribution is 7.89. The number of carbonyl (C=O) groups excluding carboxylic acids is 4. The minimum absolute atomic E-state index is 0.0433. The highest BCUT2D eigenvalue weighted by atomic mass is 32.2. The average Bonchev–Trinajstić information content (AvgIpc) is 3.45. The summed E-state index contributed by atoms with van der Waals surface area (Å²) in [5, 5.41) is 15.9. The first-order valence-corrected chi connectivity index (χ1v) is 20.5. The van der Waals surface area contributed by atoms with Crippen LogP contribution >= 0.6 is 0 Å². The van der Waals surface area contributed by atoms with Crippen LogP contribution in [0.5, 0.6) is 5.75 Å². The number of hydrogen-bond acceptors (Lipinski definition) is 14. The quantitative estimate of drug-likeness (QED) is 0.166. The van der Waals surface area contributed by atoms with Crippen LogP contribution in [0.2, 0.25) is 0 Å². The number of sulfonamides is 1. The van der Waals surface area contributed by atoms with Crippen molar-refractivity contribution in [1.82, 2.24) is 29.4 Å². The molecule has 0 radical (unpaired) electrons. The van der Waals surface area contributed by atoms with E-state index in [1.165, 1.54) is 18.5 Å². The molecule has 4 heterocycles. The van der Waals surface area contributed by atoms with Crippen LogP contribution in [-0.4, -0.2) is 139 Å². The number of imide groups is 2. The zero-order chi connectivity index (χ0) is 39.2. The number of nitrogens with one attached hydrogen (secondary N) is 2. The second-order valence-electron chi connectivity index (χ2n) is 14.2. The van der Waals surface area contributed by atoms with E-state index in [1.807, 2.05) is 12.1 Å². The topological polar surface area (TPSA) is 213 Å². The van der Waals surface area contributed by atoms with Gasteiger partial charge in [0, 0.05) is 50.1 Å². The van der Waals surface area contributed by atoms with Crippen LogP contribution in [0.15, 0.2) is 42.7 Å². The first-order chi connectivity index (χ1) is 27.1. The number of nitriles is 1. The number of nitrogens with zero attached hydrogens (tertiary/aromatic N) is 6. The number of amides is 4. The van der Waals surface area contributed by atoms with Gasteiger partial charge in [-0.15, -0.1) is 0 Å². The van der Waals surface area contributed by atoms with Crippen LogP contribution in [0.1, 0.15) is 64.8 Å². The molecule has 1 unspecified atom stereocenters. The smallest absolute Gasteiger partial charge is 0.262 e. The molecule has 7 rings (SSSR count). The Balaban J connectivity index is 0.751. The fourth-order valence-corrected chi connectivity index (χ4v) is 9.05. The minimum Gasteiger partial charge on any atom is -0.491 e.